The summed E-state index contributed by atoms with van der Waals surface area (Å²) in [5.74, 6) is 0.171. The van der Waals surface area contributed by atoms with Gasteiger partial charge in [-0.05, 0) is 6.42 Å². The van der Waals surface area contributed by atoms with E-state index in [9.17, 15) is 8.42 Å². The van der Waals surface area contributed by atoms with Gasteiger partial charge in [-0.1, -0.05) is 50.3 Å². The van der Waals surface area contributed by atoms with Crippen LogP contribution < -0.4 is 0 Å². The average molecular weight is 280 g/mol. The summed E-state index contributed by atoms with van der Waals surface area (Å²) >= 11 is 2.71. The number of thioether (sulfide) groups is 1. The normalized spacial score (nSPS) is 12.2. The Labute approximate surface area is 105 Å². The lowest BCUT2D eigenvalue weighted by Crippen LogP contribution is -2.05. The Morgan fingerprint density at radius 1 is 1.38 bits per heavy atom. The molecular weight excluding hydrogens is 264 g/mol. The second-order valence-corrected chi connectivity index (χ2v) is 8.76. The molecule has 1 rings (SSSR count). The standard InChI is InChI=1S/C9H16N2O2S3/c1-4-5-6-16(12,13)9-11-10-8(15-9)14-7(2)3/h7H,4-6H2,1-3H3. The lowest BCUT2D eigenvalue weighted by Gasteiger charge is -1.98. The molecule has 1 heterocycles. The minimum absolute atomic E-state index is 0.157. The van der Waals surface area contributed by atoms with E-state index in [1.165, 1.54) is 23.1 Å². The van der Waals surface area contributed by atoms with E-state index in [1.54, 1.807) is 0 Å². The summed E-state index contributed by atoms with van der Waals surface area (Å²) in [5, 5.41) is 8.02. The fourth-order valence-corrected chi connectivity index (χ4v) is 4.97. The van der Waals surface area contributed by atoms with Crippen LogP contribution in [0.5, 0.6) is 0 Å². The molecule has 0 bridgehead atoms. The van der Waals surface area contributed by atoms with E-state index in [2.05, 4.69) is 10.2 Å². The first-order valence-electron chi connectivity index (χ1n) is 5.18. The molecule has 0 aromatic carbocycles. The number of hydrogen-bond donors (Lipinski definition) is 0. The number of nitrogens with zero attached hydrogens (tertiary/aromatic N) is 2. The minimum Gasteiger partial charge on any atom is -0.221 e. The van der Waals surface area contributed by atoms with Gasteiger partial charge in [-0.15, -0.1) is 10.2 Å². The highest BCUT2D eigenvalue weighted by Gasteiger charge is 2.20. The van der Waals surface area contributed by atoms with Crippen LogP contribution in [0.2, 0.25) is 0 Å². The molecule has 0 atom stereocenters. The molecule has 0 N–H and O–H groups in total. The van der Waals surface area contributed by atoms with E-state index in [0.29, 0.717) is 11.7 Å². The van der Waals surface area contributed by atoms with E-state index in [1.807, 2.05) is 20.8 Å². The largest absolute Gasteiger partial charge is 0.233 e. The van der Waals surface area contributed by atoms with Crippen LogP contribution in [0.1, 0.15) is 33.6 Å². The third-order valence-corrected chi connectivity index (χ3v) is 6.01. The van der Waals surface area contributed by atoms with Gasteiger partial charge in [0.25, 0.3) is 0 Å². The summed E-state index contributed by atoms with van der Waals surface area (Å²) in [5.41, 5.74) is 0. The highest BCUT2D eigenvalue weighted by Crippen LogP contribution is 2.28. The van der Waals surface area contributed by atoms with Crippen molar-refractivity contribution in [3.63, 3.8) is 0 Å². The van der Waals surface area contributed by atoms with E-state index in [-0.39, 0.29) is 10.1 Å². The number of unbranched alkanes of at least 4 members (excludes halogenated alkanes) is 1. The maximum Gasteiger partial charge on any atom is 0.233 e. The van der Waals surface area contributed by atoms with E-state index < -0.39 is 9.84 Å². The molecule has 0 amide bonds. The van der Waals surface area contributed by atoms with Gasteiger partial charge < -0.3 is 0 Å². The van der Waals surface area contributed by atoms with Crippen LogP contribution in [0.25, 0.3) is 0 Å². The molecule has 0 radical (unpaired) electrons. The molecule has 0 aliphatic rings. The SMILES string of the molecule is CCCCS(=O)(=O)c1nnc(SC(C)C)s1. The first-order valence-corrected chi connectivity index (χ1v) is 8.53. The van der Waals surface area contributed by atoms with Gasteiger partial charge in [-0.2, -0.15) is 0 Å². The second-order valence-electron chi connectivity index (χ2n) is 3.67. The van der Waals surface area contributed by atoms with Crippen molar-refractivity contribution in [1.29, 1.82) is 0 Å². The maximum absolute atomic E-state index is 11.8. The first kappa shape index (κ1) is 13.9. The van der Waals surface area contributed by atoms with Crippen LogP contribution in [0, 0.1) is 0 Å². The summed E-state index contributed by atoms with van der Waals surface area (Å²) in [6.45, 7) is 6.05. The summed E-state index contributed by atoms with van der Waals surface area (Å²) < 4.78 is 24.5. The topological polar surface area (TPSA) is 59.9 Å². The molecule has 7 heteroatoms. The molecule has 1 aromatic rings. The van der Waals surface area contributed by atoms with Gasteiger partial charge in [0.1, 0.15) is 0 Å². The fourth-order valence-electron chi connectivity index (χ4n) is 0.994. The van der Waals surface area contributed by atoms with Crippen molar-refractivity contribution in [3.8, 4) is 0 Å². The molecule has 92 valence electrons. The molecule has 0 saturated carbocycles. The third-order valence-electron chi connectivity index (χ3n) is 1.76. The van der Waals surface area contributed by atoms with Crippen molar-refractivity contribution in [2.75, 3.05) is 5.75 Å². The Morgan fingerprint density at radius 2 is 2.06 bits per heavy atom. The Hall–Kier alpha value is -0.140. The molecule has 0 fully saturated rings. The molecule has 0 unspecified atom stereocenters. The van der Waals surface area contributed by atoms with Crippen LogP contribution in [-0.2, 0) is 9.84 Å². The maximum atomic E-state index is 11.8. The van der Waals surface area contributed by atoms with Gasteiger partial charge in [0, 0.05) is 5.25 Å². The van der Waals surface area contributed by atoms with E-state index in [4.69, 9.17) is 0 Å². The summed E-state index contributed by atoms with van der Waals surface area (Å²) in [7, 11) is -3.21. The quantitative estimate of drug-likeness (QED) is 0.750. The van der Waals surface area contributed by atoms with Crippen LogP contribution in [0.15, 0.2) is 8.68 Å². The zero-order chi connectivity index (χ0) is 12.2. The lowest BCUT2D eigenvalue weighted by atomic mass is 10.4. The third kappa shape index (κ3) is 4.03. The number of aromatic nitrogens is 2. The van der Waals surface area contributed by atoms with Crippen molar-refractivity contribution in [2.45, 2.75) is 47.5 Å². The monoisotopic (exact) mass is 280 g/mol. The number of rotatable bonds is 6. The molecule has 0 saturated heterocycles. The predicted octanol–water partition coefficient (Wildman–Crippen LogP) is 2.61. The summed E-state index contributed by atoms with van der Waals surface area (Å²) in [6, 6.07) is 0. The Morgan fingerprint density at radius 3 is 2.62 bits per heavy atom. The fraction of sp³-hybridized carbons (Fsp3) is 0.778. The van der Waals surface area contributed by atoms with Gasteiger partial charge in [0.05, 0.1) is 5.75 Å². The highest BCUT2D eigenvalue weighted by molar-refractivity contribution is 8.02. The minimum atomic E-state index is -3.21. The number of sulfone groups is 1. The Bertz CT molecular complexity index is 426. The molecule has 0 aliphatic carbocycles. The van der Waals surface area contributed by atoms with Crippen LogP contribution >= 0.6 is 23.1 Å². The molecule has 4 nitrogen and oxygen atoms in total. The molecular formula is C9H16N2O2S3. The van der Waals surface area contributed by atoms with Gasteiger partial charge in [-0.25, -0.2) is 8.42 Å². The summed E-state index contributed by atoms with van der Waals surface area (Å²) in [4.78, 5) is 0. The van der Waals surface area contributed by atoms with Crippen molar-refractivity contribution in [2.24, 2.45) is 0 Å². The van der Waals surface area contributed by atoms with Crippen LogP contribution in [-0.4, -0.2) is 29.6 Å². The van der Waals surface area contributed by atoms with Crippen molar-refractivity contribution in [3.05, 3.63) is 0 Å². The molecule has 0 spiro atoms. The van der Waals surface area contributed by atoms with Crippen molar-refractivity contribution in [1.82, 2.24) is 10.2 Å². The van der Waals surface area contributed by atoms with E-state index >= 15 is 0 Å². The smallest absolute Gasteiger partial charge is 0.221 e. The van der Waals surface area contributed by atoms with Gasteiger partial charge in [0.2, 0.25) is 14.2 Å². The van der Waals surface area contributed by atoms with Crippen LogP contribution in [0.3, 0.4) is 0 Å². The molecule has 0 aliphatic heterocycles. The summed E-state index contributed by atoms with van der Waals surface area (Å²) in [6.07, 6.45) is 1.54. The second kappa shape index (κ2) is 5.97. The Kier molecular flexibility index (Phi) is 5.20. The highest BCUT2D eigenvalue weighted by atomic mass is 32.2. The Balaban J connectivity index is 2.77. The zero-order valence-corrected chi connectivity index (χ0v) is 12.1. The van der Waals surface area contributed by atoms with Gasteiger partial charge >= 0.3 is 0 Å². The molecule has 1 aromatic heterocycles. The lowest BCUT2D eigenvalue weighted by molar-refractivity contribution is 0.590. The van der Waals surface area contributed by atoms with Gasteiger partial charge in [-0.3, -0.25) is 0 Å². The van der Waals surface area contributed by atoms with Gasteiger partial charge in [0.15, 0.2) is 4.34 Å². The van der Waals surface area contributed by atoms with Crippen molar-refractivity contribution < 1.29 is 8.42 Å². The predicted molar refractivity (Wildman–Crippen MR) is 67.9 cm³/mol. The molecule has 16 heavy (non-hydrogen) atoms. The van der Waals surface area contributed by atoms with Crippen LogP contribution in [0.4, 0.5) is 0 Å². The first-order chi connectivity index (χ1) is 7.45. The number of hydrogen-bond acceptors (Lipinski definition) is 6. The van der Waals surface area contributed by atoms with Crippen molar-refractivity contribution >= 4 is 32.9 Å². The van der Waals surface area contributed by atoms with E-state index in [0.717, 1.165) is 10.8 Å². The average Bonchev–Trinajstić information content (AvgIpc) is 2.63. The zero-order valence-electron chi connectivity index (χ0n) is 9.63.